The molecule has 1 N–H and O–H groups in total. The van der Waals surface area contributed by atoms with E-state index in [9.17, 15) is 4.79 Å². The van der Waals surface area contributed by atoms with Gasteiger partial charge in [0.15, 0.2) is 5.65 Å². The number of rotatable bonds is 2. The first kappa shape index (κ1) is 13.0. The van der Waals surface area contributed by atoms with Crippen LogP contribution in [0.4, 0.5) is 0 Å². The van der Waals surface area contributed by atoms with Crippen molar-refractivity contribution in [2.75, 3.05) is 19.8 Å². The molecular formula is C14H14N6O2. The Morgan fingerprint density at radius 1 is 1.41 bits per heavy atom. The molecule has 4 heterocycles. The highest BCUT2D eigenvalue weighted by Crippen LogP contribution is 2.25. The first-order valence-corrected chi connectivity index (χ1v) is 7.01. The topological polar surface area (TPSA) is 88.4 Å². The molecule has 112 valence electrons. The first-order valence-electron chi connectivity index (χ1n) is 7.01. The zero-order valence-corrected chi connectivity index (χ0v) is 11.7. The third kappa shape index (κ3) is 2.04. The Bertz CT molecular complexity index is 797. The number of aromatic amines is 1. The number of fused-ring (bicyclic) bond motifs is 1. The Labute approximate surface area is 125 Å². The Hall–Kier alpha value is -2.74. The fourth-order valence-corrected chi connectivity index (χ4v) is 2.69. The highest BCUT2D eigenvalue weighted by atomic mass is 16.5. The van der Waals surface area contributed by atoms with Crippen molar-refractivity contribution >= 4 is 11.6 Å². The van der Waals surface area contributed by atoms with Gasteiger partial charge >= 0.3 is 0 Å². The zero-order chi connectivity index (χ0) is 14.9. The van der Waals surface area contributed by atoms with Crippen molar-refractivity contribution in [1.82, 2.24) is 29.7 Å². The number of nitrogens with zero attached hydrogens (tertiary/aromatic N) is 5. The average molecular weight is 298 g/mol. The van der Waals surface area contributed by atoms with Crippen LogP contribution in [-0.2, 0) is 4.74 Å². The van der Waals surface area contributed by atoms with E-state index in [-0.39, 0.29) is 11.9 Å². The second kappa shape index (κ2) is 5.23. The van der Waals surface area contributed by atoms with Gasteiger partial charge in [0.25, 0.3) is 5.91 Å². The number of nitrogens with one attached hydrogen (secondary N) is 1. The first-order chi connectivity index (χ1) is 10.8. The molecular weight excluding hydrogens is 284 g/mol. The smallest absolute Gasteiger partial charge is 0.260 e. The summed E-state index contributed by atoms with van der Waals surface area (Å²) in [7, 11) is 0. The Kier molecular flexibility index (Phi) is 3.08. The summed E-state index contributed by atoms with van der Waals surface area (Å²) in [6, 6.07) is 3.45. The molecule has 1 atom stereocenters. The quantitative estimate of drug-likeness (QED) is 0.751. The van der Waals surface area contributed by atoms with Gasteiger partial charge in [-0.2, -0.15) is 10.2 Å². The number of morpholine rings is 1. The molecule has 0 aromatic carbocycles. The summed E-state index contributed by atoms with van der Waals surface area (Å²) in [6.45, 7) is 1.48. The van der Waals surface area contributed by atoms with Gasteiger partial charge in [0.1, 0.15) is 5.56 Å². The van der Waals surface area contributed by atoms with Crippen molar-refractivity contribution in [1.29, 1.82) is 0 Å². The summed E-state index contributed by atoms with van der Waals surface area (Å²) in [5, 5.41) is 11.0. The summed E-state index contributed by atoms with van der Waals surface area (Å²) >= 11 is 0. The van der Waals surface area contributed by atoms with Gasteiger partial charge in [-0.1, -0.05) is 0 Å². The molecule has 4 rings (SSSR count). The molecule has 22 heavy (non-hydrogen) atoms. The van der Waals surface area contributed by atoms with Gasteiger partial charge in [-0.3, -0.25) is 9.89 Å². The monoisotopic (exact) mass is 298 g/mol. The minimum atomic E-state index is -0.178. The van der Waals surface area contributed by atoms with Gasteiger partial charge in [-0.05, 0) is 12.1 Å². The van der Waals surface area contributed by atoms with E-state index in [4.69, 9.17) is 4.74 Å². The number of aromatic nitrogens is 5. The molecule has 8 heteroatoms. The molecule has 8 nitrogen and oxygen atoms in total. The van der Waals surface area contributed by atoms with Crippen LogP contribution in [0.15, 0.2) is 36.9 Å². The third-order valence-electron chi connectivity index (χ3n) is 3.78. The lowest BCUT2D eigenvalue weighted by atomic mass is 10.1. The summed E-state index contributed by atoms with van der Waals surface area (Å²) in [4.78, 5) is 19.0. The normalized spacial score (nSPS) is 18.7. The van der Waals surface area contributed by atoms with E-state index < -0.39 is 0 Å². The molecule has 0 bridgehead atoms. The van der Waals surface area contributed by atoms with Gasteiger partial charge in [-0.25, -0.2) is 9.50 Å². The maximum Gasteiger partial charge on any atom is 0.260 e. The molecule has 1 saturated heterocycles. The number of hydrogen-bond donors (Lipinski definition) is 1. The molecule has 1 unspecified atom stereocenters. The third-order valence-corrected chi connectivity index (χ3v) is 3.78. The lowest BCUT2D eigenvalue weighted by Crippen LogP contribution is -2.43. The van der Waals surface area contributed by atoms with Crippen molar-refractivity contribution in [3.8, 4) is 0 Å². The summed E-state index contributed by atoms with van der Waals surface area (Å²) in [6.07, 6.45) is 6.65. The van der Waals surface area contributed by atoms with Crippen LogP contribution in [0.5, 0.6) is 0 Å². The zero-order valence-electron chi connectivity index (χ0n) is 11.7. The van der Waals surface area contributed by atoms with Gasteiger partial charge in [-0.15, -0.1) is 0 Å². The maximum absolute atomic E-state index is 12.9. The lowest BCUT2D eigenvalue weighted by molar-refractivity contribution is -0.00382. The van der Waals surface area contributed by atoms with Crippen LogP contribution in [0.2, 0.25) is 0 Å². The number of amides is 1. The van der Waals surface area contributed by atoms with Gasteiger partial charge in [0.2, 0.25) is 0 Å². The number of carbonyl (C=O) groups excluding carboxylic acids is 1. The number of H-pyrrole nitrogens is 1. The van der Waals surface area contributed by atoms with Crippen LogP contribution in [-0.4, -0.2) is 55.4 Å². The van der Waals surface area contributed by atoms with Crippen LogP contribution in [0.25, 0.3) is 5.65 Å². The van der Waals surface area contributed by atoms with Crippen molar-refractivity contribution < 1.29 is 9.53 Å². The highest BCUT2D eigenvalue weighted by molar-refractivity contribution is 5.99. The maximum atomic E-state index is 12.9. The Balaban J connectivity index is 1.71. The Morgan fingerprint density at radius 3 is 3.23 bits per heavy atom. The molecule has 1 aliphatic rings. The van der Waals surface area contributed by atoms with E-state index in [1.54, 1.807) is 40.3 Å². The van der Waals surface area contributed by atoms with E-state index in [0.29, 0.717) is 31.0 Å². The van der Waals surface area contributed by atoms with Crippen LogP contribution in [0, 0.1) is 0 Å². The van der Waals surface area contributed by atoms with Crippen LogP contribution < -0.4 is 0 Å². The van der Waals surface area contributed by atoms with E-state index in [2.05, 4.69) is 20.3 Å². The van der Waals surface area contributed by atoms with Gasteiger partial charge < -0.3 is 9.64 Å². The van der Waals surface area contributed by atoms with Crippen molar-refractivity contribution in [2.24, 2.45) is 0 Å². The molecule has 3 aromatic rings. The SMILES string of the molecule is O=C(c1cnn2cccnc12)N1CCOCC1c1ccn[nH]1. The average Bonchev–Trinajstić information content (AvgIpc) is 3.24. The number of carbonyl (C=O) groups is 1. The second-order valence-electron chi connectivity index (χ2n) is 5.05. The van der Waals surface area contributed by atoms with E-state index in [0.717, 1.165) is 5.69 Å². The van der Waals surface area contributed by atoms with Crippen LogP contribution >= 0.6 is 0 Å². The molecule has 1 fully saturated rings. The summed E-state index contributed by atoms with van der Waals surface area (Å²) in [5.41, 5.74) is 1.91. The molecule has 0 spiro atoms. The molecule has 1 amide bonds. The summed E-state index contributed by atoms with van der Waals surface area (Å²) in [5.74, 6) is -0.100. The molecule has 0 radical (unpaired) electrons. The highest BCUT2D eigenvalue weighted by Gasteiger charge is 2.31. The van der Waals surface area contributed by atoms with E-state index >= 15 is 0 Å². The van der Waals surface area contributed by atoms with E-state index in [1.807, 2.05) is 6.07 Å². The minimum Gasteiger partial charge on any atom is -0.377 e. The number of ether oxygens (including phenoxy) is 1. The van der Waals surface area contributed by atoms with E-state index in [1.165, 1.54) is 0 Å². The minimum absolute atomic E-state index is 0.100. The Morgan fingerprint density at radius 2 is 2.36 bits per heavy atom. The van der Waals surface area contributed by atoms with Gasteiger partial charge in [0, 0.05) is 25.1 Å². The molecule has 1 aliphatic heterocycles. The van der Waals surface area contributed by atoms with Gasteiger partial charge in [0.05, 0.1) is 31.1 Å². The van der Waals surface area contributed by atoms with Crippen molar-refractivity contribution in [2.45, 2.75) is 6.04 Å². The lowest BCUT2D eigenvalue weighted by Gasteiger charge is -2.34. The predicted octanol–water partition coefficient (Wildman–Crippen LogP) is 0.666. The predicted molar refractivity (Wildman–Crippen MR) is 76.2 cm³/mol. The second-order valence-corrected chi connectivity index (χ2v) is 5.05. The largest absolute Gasteiger partial charge is 0.377 e. The number of hydrogen-bond acceptors (Lipinski definition) is 5. The van der Waals surface area contributed by atoms with Crippen molar-refractivity contribution in [3.05, 3.63) is 48.2 Å². The fourth-order valence-electron chi connectivity index (χ4n) is 2.69. The molecule has 0 aliphatic carbocycles. The van der Waals surface area contributed by atoms with Crippen LogP contribution in [0.1, 0.15) is 22.1 Å². The summed E-state index contributed by atoms with van der Waals surface area (Å²) < 4.78 is 7.11. The van der Waals surface area contributed by atoms with Crippen LogP contribution in [0.3, 0.4) is 0 Å². The molecule has 3 aromatic heterocycles. The fraction of sp³-hybridized carbons (Fsp3) is 0.286. The molecule has 0 saturated carbocycles. The standard InChI is InChI=1S/C14H14N6O2/c21-14(10-8-17-20-5-1-3-15-13(10)20)19-6-7-22-9-12(19)11-2-4-16-18-11/h1-5,8,12H,6-7,9H2,(H,16,18). The van der Waals surface area contributed by atoms with Crippen molar-refractivity contribution in [3.63, 3.8) is 0 Å².